The van der Waals surface area contributed by atoms with Crippen molar-refractivity contribution in [1.82, 2.24) is 5.32 Å². The highest BCUT2D eigenvalue weighted by Crippen LogP contribution is 2.23. The van der Waals surface area contributed by atoms with Crippen molar-refractivity contribution >= 4 is 5.91 Å². The summed E-state index contributed by atoms with van der Waals surface area (Å²) >= 11 is 0. The first-order chi connectivity index (χ1) is 33.8. The summed E-state index contributed by atoms with van der Waals surface area (Å²) in [7, 11) is 0. The Morgan fingerprint density at radius 1 is 0.493 bits per heavy atom. The Labute approximate surface area is 424 Å². The summed E-state index contributed by atoms with van der Waals surface area (Å²) < 4.78 is 11.2. The minimum atomic E-state index is -1.62. The van der Waals surface area contributed by atoms with E-state index in [1.54, 1.807) is 6.08 Å². The van der Waals surface area contributed by atoms with Crippen molar-refractivity contribution in [3.8, 4) is 0 Å². The Balaban J connectivity index is 2.19. The summed E-state index contributed by atoms with van der Waals surface area (Å²) in [6.07, 6.45) is 52.7. The maximum Gasteiger partial charge on any atom is 0.249 e. The molecule has 1 fully saturated rings. The van der Waals surface area contributed by atoms with E-state index in [9.17, 15) is 35.4 Å². The number of rotatable bonds is 50. The standard InChI is InChI=1S/C59H111NO9/c1-3-5-7-9-11-13-15-17-19-20-21-22-23-24-25-26-27-28-29-30-31-32-33-34-36-38-40-42-44-46-48-53(63)58(67)60-51(50-68-59-57(66)56(65)55(64)54(49-61)69-59)52(62)47-45-43-41-39-37-35-18-16-14-12-10-8-6-4-2/h14,16,37,39,45,47,51-57,59,61-66H,3-13,15,17-36,38,40-44,46,48-50H2,1-2H3,(H,60,67)/b16-14+,39-37+,47-45+. The van der Waals surface area contributed by atoms with Gasteiger partial charge in [0.25, 0.3) is 0 Å². The lowest BCUT2D eigenvalue weighted by Crippen LogP contribution is -2.60. The van der Waals surface area contributed by atoms with Gasteiger partial charge in [0.15, 0.2) is 6.29 Å². The smallest absolute Gasteiger partial charge is 0.249 e. The van der Waals surface area contributed by atoms with Gasteiger partial charge in [0.1, 0.15) is 30.5 Å². The number of carbonyl (C=O) groups excluding carboxylic acids is 1. The highest BCUT2D eigenvalue weighted by atomic mass is 16.7. The van der Waals surface area contributed by atoms with Crippen LogP contribution in [0.4, 0.5) is 0 Å². The quantitative estimate of drug-likeness (QED) is 0.0232. The maximum absolute atomic E-state index is 13.1. The second-order valence-electron chi connectivity index (χ2n) is 20.6. The van der Waals surface area contributed by atoms with Gasteiger partial charge in [0.2, 0.25) is 5.91 Å². The van der Waals surface area contributed by atoms with E-state index >= 15 is 0 Å². The molecule has 69 heavy (non-hydrogen) atoms. The molecule has 0 aromatic heterocycles. The van der Waals surface area contributed by atoms with Crippen LogP contribution in [0.25, 0.3) is 0 Å². The first-order valence-corrected chi connectivity index (χ1v) is 29.3. The van der Waals surface area contributed by atoms with Crippen molar-refractivity contribution in [1.29, 1.82) is 0 Å². The molecule has 1 rings (SSSR count). The Morgan fingerprint density at radius 3 is 1.26 bits per heavy atom. The predicted molar refractivity (Wildman–Crippen MR) is 287 cm³/mol. The first-order valence-electron chi connectivity index (χ1n) is 29.3. The summed E-state index contributed by atoms with van der Waals surface area (Å²) in [5, 5.41) is 64.9. The van der Waals surface area contributed by atoms with Gasteiger partial charge in [-0.15, -0.1) is 0 Å². The molecule has 10 heteroatoms. The number of ether oxygens (including phenoxy) is 2. The van der Waals surface area contributed by atoms with Crippen molar-refractivity contribution in [2.75, 3.05) is 13.2 Å². The molecular weight excluding hydrogens is 867 g/mol. The molecule has 1 amide bonds. The molecule has 406 valence electrons. The van der Waals surface area contributed by atoms with E-state index in [1.165, 1.54) is 193 Å². The Kier molecular flexibility index (Phi) is 46.1. The summed E-state index contributed by atoms with van der Waals surface area (Å²) in [6, 6.07) is -1.00. The fourth-order valence-electron chi connectivity index (χ4n) is 9.31. The molecule has 7 N–H and O–H groups in total. The predicted octanol–water partition coefficient (Wildman–Crippen LogP) is 13.3. The van der Waals surface area contributed by atoms with E-state index in [4.69, 9.17) is 9.47 Å². The molecule has 8 atom stereocenters. The van der Waals surface area contributed by atoms with Crippen LogP contribution < -0.4 is 5.32 Å². The summed E-state index contributed by atoms with van der Waals surface area (Å²) in [5.41, 5.74) is 0. The van der Waals surface area contributed by atoms with Crippen LogP contribution in [0.15, 0.2) is 36.5 Å². The first kappa shape index (κ1) is 65.4. The van der Waals surface area contributed by atoms with Gasteiger partial charge in [0.05, 0.1) is 25.4 Å². The third-order valence-electron chi connectivity index (χ3n) is 14.1. The zero-order valence-corrected chi connectivity index (χ0v) is 44.7. The molecule has 1 heterocycles. The van der Waals surface area contributed by atoms with Crippen LogP contribution in [0.5, 0.6) is 0 Å². The molecule has 0 bridgehead atoms. The average molecular weight is 979 g/mol. The van der Waals surface area contributed by atoms with Gasteiger partial charge in [-0.2, -0.15) is 0 Å². The minimum Gasteiger partial charge on any atom is -0.394 e. The fourth-order valence-corrected chi connectivity index (χ4v) is 9.31. The molecular formula is C59H111NO9. The van der Waals surface area contributed by atoms with Gasteiger partial charge in [-0.3, -0.25) is 4.79 Å². The summed E-state index contributed by atoms with van der Waals surface area (Å²) in [4.78, 5) is 13.1. The van der Waals surface area contributed by atoms with Gasteiger partial charge in [0, 0.05) is 0 Å². The number of hydrogen-bond donors (Lipinski definition) is 7. The van der Waals surface area contributed by atoms with Gasteiger partial charge >= 0.3 is 0 Å². The highest BCUT2D eigenvalue weighted by molar-refractivity contribution is 5.80. The minimum absolute atomic E-state index is 0.304. The van der Waals surface area contributed by atoms with Crippen molar-refractivity contribution in [3.05, 3.63) is 36.5 Å². The van der Waals surface area contributed by atoms with Gasteiger partial charge in [-0.1, -0.05) is 262 Å². The van der Waals surface area contributed by atoms with E-state index in [-0.39, 0.29) is 6.61 Å². The molecule has 0 aromatic rings. The molecule has 0 spiro atoms. The van der Waals surface area contributed by atoms with Crippen LogP contribution in [-0.4, -0.2) is 98.7 Å². The number of allylic oxidation sites excluding steroid dienone is 5. The largest absolute Gasteiger partial charge is 0.394 e. The zero-order valence-electron chi connectivity index (χ0n) is 44.7. The zero-order chi connectivity index (χ0) is 50.3. The lowest BCUT2D eigenvalue weighted by atomic mass is 9.99. The molecule has 1 aliphatic rings. The van der Waals surface area contributed by atoms with Crippen LogP contribution >= 0.6 is 0 Å². The highest BCUT2D eigenvalue weighted by Gasteiger charge is 2.44. The number of carbonyl (C=O) groups is 1. The van der Waals surface area contributed by atoms with Crippen LogP contribution in [0.1, 0.15) is 271 Å². The van der Waals surface area contributed by atoms with Crippen molar-refractivity contribution in [2.45, 2.75) is 320 Å². The van der Waals surface area contributed by atoms with Crippen molar-refractivity contribution < 1.29 is 44.9 Å². The van der Waals surface area contributed by atoms with E-state index in [1.807, 2.05) is 6.08 Å². The number of hydrogen-bond acceptors (Lipinski definition) is 9. The van der Waals surface area contributed by atoms with Crippen molar-refractivity contribution in [2.24, 2.45) is 0 Å². The Hall–Kier alpha value is -1.63. The topological polar surface area (TPSA) is 169 Å². The van der Waals surface area contributed by atoms with Gasteiger partial charge in [-0.05, 0) is 44.9 Å². The fraction of sp³-hybridized carbons (Fsp3) is 0.881. The third kappa shape index (κ3) is 37.7. The maximum atomic E-state index is 13.1. The molecule has 0 radical (unpaired) electrons. The lowest BCUT2D eigenvalue weighted by molar-refractivity contribution is -0.302. The van der Waals surface area contributed by atoms with E-state index < -0.39 is 61.5 Å². The molecule has 1 saturated heterocycles. The van der Waals surface area contributed by atoms with Crippen LogP contribution in [0, 0.1) is 0 Å². The molecule has 10 nitrogen and oxygen atoms in total. The number of unbranched alkanes of at least 4 members (excludes halogenated alkanes) is 35. The number of aliphatic hydroxyl groups is 6. The van der Waals surface area contributed by atoms with Gasteiger partial charge < -0.3 is 45.4 Å². The van der Waals surface area contributed by atoms with E-state index in [0.717, 1.165) is 44.9 Å². The summed E-state index contributed by atoms with van der Waals surface area (Å²) in [5.74, 6) is -0.627. The molecule has 0 aromatic carbocycles. The van der Waals surface area contributed by atoms with Crippen molar-refractivity contribution in [3.63, 3.8) is 0 Å². The molecule has 0 saturated carbocycles. The monoisotopic (exact) mass is 978 g/mol. The second-order valence-corrected chi connectivity index (χ2v) is 20.6. The second kappa shape index (κ2) is 48.6. The van der Waals surface area contributed by atoms with E-state index in [2.05, 4.69) is 43.5 Å². The van der Waals surface area contributed by atoms with Crippen LogP contribution in [0.2, 0.25) is 0 Å². The van der Waals surface area contributed by atoms with Gasteiger partial charge in [-0.25, -0.2) is 0 Å². The SMILES string of the molecule is CCCCCC/C=C/CC/C=C/CC/C=C/C(O)C(COC1OC(CO)C(O)C(O)C1O)NC(=O)C(O)CCCCCCCCCCCCCCCCCCCCCCCCCCCCCCCC. The Morgan fingerprint density at radius 2 is 0.855 bits per heavy atom. The molecule has 1 aliphatic heterocycles. The van der Waals surface area contributed by atoms with Crippen LogP contribution in [-0.2, 0) is 14.3 Å². The lowest BCUT2D eigenvalue weighted by Gasteiger charge is -2.40. The average Bonchev–Trinajstić information content (AvgIpc) is 3.35. The third-order valence-corrected chi connectivity index (χ3v) is 14.1. The molecule has 0 aliphatic carbocycles. The van der Waals surface area contributed by atoms with Crippen LogP contribution in [0.3, 0.4) is 0 Å². The number of nitrogens with one attached hydrogen (secondary N) is 1. The summed E-state index contributed by atoms with van der Waals surface area (Å²) in [6.45, 7) is 3.59. The number of aliphatic hydroxyl groups excluding tert-OH is 6. The Bertz CT molecular complexity index is 1200. The van der Waals surface area contributed by atoms with E-state index in [0.29, 0.717) is 19.3 Å². The number of amides is 1. The normalized spacial score (nSPS) is 20.1. The molecule has 8 unspecified atom stereocenters.